The van der Waals surface area contributed by atoms with Crippen LogP contribution in [0.2, 0.25) is 0 Å². The van der Waals surface area contributed by atoms with E-state index in [1.54, 1.807) is 21.0 Å². The number of fused-ring (bicyclic) bond motifs is 10. The van der Waals surface area contributed by atoms with Crippen LogP contribution in [0.5, 0.6) is 11.5 Å². The number of carbonyl (C=O) groups excluding carboxylic acids is 2. The van der Waals surface area contributed by atoms with Gasteiger partial charge >= 0.3 is 11.9 Å². The number of methoxy groups -OCH3 is 1. The van der Waals surface area contributed by atoms with Crippen molar-refractivity contribution in [3.63, 3.8) is 0 Å². The molecular formula is C55H72O12. The Bertz CT molecular complexity index is 2190. The molecule has 6 rings (SSSR count). The quantitative estimate of drug-likeness (QED) is 0.0192. The van der Waals surface area contributed by atoms with Gasteiger partial charge in [-0.3, -0.25) is 0 Å². The maximum atomic E-state index is 14.2. The number of rotatable bonds is 29. The van der Waals surface area contributed by atoms with Gasteiger partial charge in [-0.05, 0) is 131 Å². The molecule has 0 aromatic heterocycles. The fraction of sp³-hybridized carbons (Fsp3) is 0.527. The molecule has 4 aromatic carbocycles. The zero-order chi connectivity index (χ0) is 48.0. The Morgan fingerprint density at radius 1 is 0.567 bits per heavy atom. The molecule has 0 saturated carbocycles. The van der Waals surface area contributed by atoms with Crippen LogP contribution < -0.4 is 9.62 Å². The minimum Gasteiger partial charge on any atom is -0.490 e. The zero-order valence-electron chi connectivity index (χ0n) is 41.3. The second-order valence-corrected chi connectivity index (χ2v) is 17.3. The fourth-order valence-electron chi connectivity index (χ4n) is 9.13. The summed E-state index contributed by atoms with van der Waals surface area (Å²) in [6.45, 7) is 21.3. The highest BCUT2D eigenvalue weighted by atomic mass is 17.2. The third-order valence-electron chi connectivity index (χ3n) is 13.4. The van der Waals surface area contributed by atoms with Crippen molar-refractivity contribution in [2.24, 2.45) is 0 Å². The van der Waals surface area contributed by atoms with Gasteiger partial charge in [0.2, 0.25) is 0 Å². The van der Waals surface area contributed by atoms with Gasteiger partial charge in [0.15, 0.2) is 5.75 Å². The summed E-state index contributed by atoms with van der Waals surface area (Å²) in [5.74, 6) is -0.253. The lowest BCUT2D eigenvalue weighted by Gasteiger charge is -2.34. The van der Waals surface area contributed by atoms with Crippen LogP contribution in [0, 0.1) is 0 Å². The lowest BCUT2D eigenvalue weighted by atomic mass is 9.68. The van der Waals surface area contributed by atoms with E-state index in [0.29, 0.717) is 52.0 Å². The summed E-state index contributed by atoms with van der Waals surface area (Å²) in [5, 5.41) is 0. The van der Waals surface area contributed by atoms with E-state index >= 15 is 0 Å². The summed E-state index contributed by atoms with van der Waals surface area (Å²) < 4.78 is 45.6. The molecule has 12 nitrogen and oxygen atoms in total. The Labute approximate surface area is 397 Å². The first-order valence-corrected chi connectivity index (χ1v) is 24.3. The van der Waals surface area contributed by atoms with Crippen LogP contribution in [0.3, 0.4) is 0 Å². The normalized spacial score (nSPS) is 14.9. The van der Waals surface area contributed by atoms with Crippen molar-refractivity contribution in [3.8, 4) is 33.8 Å². The van der Waals surface area contributed by atoms with Crippen molar-refractivity contribution in [1.82, 2.24) is 0 Å². The van der Waals surface area contributed by atoms with E-state index in [0.717, 1.165) is 70.2 Å². The van der Waals surface area contributed by atoms with E-state index in [-0.39, 0.29) is 67.9 Å². The lowest BCUT2D eigenvalue weighted by Crippen LogP contribution is -2.28. The van der Waals surface area contributed by atoms with Crippen LogP contribution in [-0.4, -0.2) is 105 Å². The fourth-order valence-corrected chi connectivity index (χ4v) is 9.13. The van der Waals surface area contributed by atoms with Gasteiger partial charge in [-0.25, -0.2) is 9.59 Å². The monoisotopic (exact) mass is 925 g/mol. The molecule has 0 fully saturated rings. The summed E-state index contributed by atoms with van der Waals surface area (Å²) in [6, 6.07) is 21.3. The van der Waals surface area contributed by atoms with Gasteiger partial charge < -0.3 is 42.8 Å². The predicted molar refractivity (Wildman–Crippen MR) is 259 cm³/mol. The molecule has 0 amide bonds. The first-order valence-electron chi connectivity index (χ1n) is 24.3. The average molecular weight is 925 g/mol. The van der Waals surface area contributed by atoms with Crippen LogP contribution >= 0.6 is 0 Å². The van der Waals surface area contributed by atoms with E-state index in [9.17, 15) is 9.59 Å². The van der Waals surface area contributed by atoms with E-state index in [1.807, 2.05) is 24.3 Å². The number of ether oxygens (including phenoxy) is 8. The van der Waals surface area contributed by atoms with Crippen molar-refractivity contribution in [1.29, 1.82) is 0 Å². The highest BCUT2D eigenvalue weighted by Gasteiger charge is 2.54. The molecule has 2 aliphatic rings. The Hall–Kier alpha value is -4.82. The molecule has 0 radical (unpaired) electrons. The van der Waals surface area contributed by atoms with Crippen molar-refractivity contribution < 1.29 is 57.3 Å². The Morgan fingerprint density at radius 2 is 1.07 bits per heavy atom. The summed E-state index contributed by atoms with van der Waals surface area (Å²) in [7, 11) is 1.63. The lowest BCUT2D eigenvalue weighted by molar-refractivity contribution is -0.215. The molecule has 4 aromatic rings. The summed E-state index contributed by atoms with van der Waals surface area (Å²) >= 11 is 0. The first-order chi connectivity index (χ1) is 32.6. The second kappa shape index (κ2) is 24.5. The summed E-state index contributed by atoms with van der Waals surface area (Å²) in [4.78, 5) is 40.2. The minimum absolute atomic E-state index is 0.103. The van der Waals surface area contributed by atoms with Gasteiger partial charge in [0.25, 0.3) is 0 Å². The molecule has 2 aliphatic carbocycles. The highest BCUT2D eigenvalue weighted by Crippen LogP contribution is 2.65. The molecule has 364 valence electrons. The van der Waals surface area contributed by atoms with E-state index in [2.05, 4.69) is 77.9 Å². The standard InChI is InChI=1S/C55H72O12/c1-10-20-59-23-24-62-28-30-66-67-51-36-43-42-35-50(65-29-27-61-26-25-60-22-21-58-9)44(52(56)63-14-5)33-48(42)55(49(43)34-45(51)53(57)64-15-6)46-31-38(37(7)11-2)16-18-40(46)41-19-17-39(32-47(41)55)54(8,12-3)13-4/h16-19,31-37H,10-15,20-30H2,1-9H3. The van der Waals surface area contributed by atoms with Crippen LogP contribution in [0.25, 0.3) is 22.3 Å². The Morgan fingerprint density at radius 3 is 1.64 bits per heavy atom. The number of hydrogen-bond acceptors (Lipinski definition) is 12. The summed E-state index contributed by atoms with van der Waals surface area (Å²) in [6.07, 6.45) is 3.77. The smallest absolute Gasteiger partial charge is 0.342 e. The largest absolute Gasteiger partial charge is 0.490 e. The minimum atomic E-state index is -0.989. The molecule has 0 aliphatic heterocycles. The van der Waals surface area contributed by atoms with E-state index < -0.39 is 17.4 Å². The molecule has 2 unspecified atom stereocenters. The van der Waals surface area contributed by atoms with Crippen molar-refractivity contribution >= 4 is 11.9 Å². The highest BCUT2D eigenvalue weighted by molar-refractivity contribution is 6.02. The van der Waals surface area contributed by atoms with Crippen LogP contribution in [0.1, 0.15) is 141 Å². The molecule has 0 heterocycles. The SMILES string of the molecule is CCCOCCOCCOOc1cc2c(cc1C(=O)OCC)C1(c3cc(C(C)CC)ccc3-c3ccc(C(C)(CC)CC)cc31)c1cc(C(=O)OCC)c(OCCOCCOCCOC)cc1-2. The number of benzene rings is 4. The average Bonchev–Trinajstić information content (AvgIpc) is 3.79. The van der Waals surface area contributed by atoms with Crippen LogP contribution in [0.15, 0.2) is 60.7 Å². The second-order valence-electron chi connectivity index (χ2n) is 17.3. The van der Waals surface area contributed by atoms with Gasteiger partial charge in [0.1, 0.15) is 30.1 Å². The molecule has 2 atom stereocenters. The third-order valence-corrected chi connectivity index (χ3v) is 13.4. The van der Waals surface area contributed by atoms with Crippen LogP contribution in [-0.2, 0) is 48.9 Å². The number of esters is 2. The molecular weight excluding hydrogens is 853 g/mol. The molecule has 0 saturated heterocycles. The topological polar surface area (TPSA) is 126 Å². The molecule has 67 heavy (non-hydrogen) atoms. The van der Waals surface area contributed by atoms with Gasteiger partial charge in [-0.1, -0.05) is 77.9 Å². The van der Waals surface area contributed by atoms with Gasteiger partial charge in [-0.15, -0.1) is 0 Å². The van der Waals surface area contributed by atoms with Gasteiger partial charge in [0, 0.05) is 13.7 Å². The van der Waals surface area contributed by atoms with Crippen molar-refractivity contribution in [3.05, 3.63) is 105 Å². The zero-order valence-corrected chi connectivity index (χ0v) is 41.3. The predicted octanol–water partition coefficient (Wildman–Crippen LogP) is 10.8. The number of hydrogen-bond donors (Lipinski definition) is 0. The van der Waals surface area contributed by atoms with Gasteiger partial charge in [-0.2, -0.15) is 4.89 Å². The first kappa shape index (κ1) is 51.6. The van der Waals surface area contributed by atoms with Crippen LogP contribution in [0.4, 0.5) is 0 Å². The molecule has 12 heteroatoms. The van der Waals surface area contributed by atoms with E-state index in [4.69, 9.17) is 47.7 Å². The maximum absolute atomic E-state index is 14.2. The molecule has 0 N–H and O–H groups in total. The third kappa shape index (κ3) is 11.1. The van der Waals surface area contributed by atoms with Crippen molar-refractivity contribution in [2.45, 2.75) is 97.8 Å². The van der Waals surface area contributed by atoms with Crippen molar-refractivity contribution in [2.75, 3.05) is 93.0 Å². The Balaban J connectivity index is 1.57. The molecule has 1 spiro atoms. The Kier molecular flexibility index (Phi) is 18.8. The molecule has 0 bridgehead atoms. The van der Waals surface area contributed by atoms with Gasteiger partial charge in [0.05, 0.1) is 71.5 Å². The summed E-state index contributed by atoms with van der Waals surface area (Å²) in [5.41, 5.74) is 9.45. The maximum Gasteiger partial charge on any atom is 0.342 e. The van der Waals surface area contributed by atoms with E-state index in [1.165, 1.54) is 11.1 Å². The number of carbonyl (C=O) groups is 2.